The topological polar surface area (TPSA) is 38.0 Å². The van der Waals surface area contributed by atoms with E-state index in [2.05, 4.69) is 4.98 Å². The molecule has 3 nitrogen and oxygen atoms in total. The molecule has 0 fully saturated rings. The third kappa shape index (κ3) is 1.77. The van der Waals surface area contributed by atoms with E-state index >= 15 is 0 Å². The Balaban J connectivity index is 0.000000640. The van der Waals surface area contributed by atoms with E-state index in [-0.39, 0.29) is 18.3 Å². The van der Waals surface area contributed by atoms with Crippen molar-refractivity contribution in [1.29, 1.82) is 0 Å². The Bertz CT molecular complexity index is 177. The average molecular weight is 169 g/mol. The molecule has 9 heavy (non-hydrogen) atoms. The van der Waals surface area contributed by atoms with Crippen LogP contribution in [0.5, 0.6) is 0 Å². The minimum absolute atomic E-state index is 0. The number of nitrogens with zero attached hydrogens (tertiary/aromatic N) is 2. The summed E-state index contributed by atoms with van der Waals surface area (Å²) in [6.07, 6.45) is 2.80. The Kier molecular flexibility index (Phi) is 3.42. The summed E-state index contributed by atoms with van der Waals surface area (Å²) in [5.74, 6) is 0.288. The zero-order valence-electron chi connectivity index (χ0n) is 4.49. The second kappa shape index (κ2) is 3.58. The SMILES string of the molecule is Cl.On1cncc1CCl. The van der Waals surface area contributed by atoms with Gasteiger partial charge >= 0.3 is 0 Å². The fraction of sp³-hybridized carbons (Fsp3) is 0.250. The van der Waals surface area contributed by atoms with Crippen LogP contribution < -0.4 is 0 Å². The summed E-state index contributed by atoms with van der Waals surface area (Å²) in [7, 11) is 0. The molecule has 0 unspecified atom stereocenters. The number of hydrogen-bond donors (Lipinski definition) is 1. The van der Waals surface area contributed by atoms with Crippen molar-refractivity contribution in [3.8, 4) is 0 Å². The summed E-state index contributed by atoms with van der Waals surface area (Å²) in [5, 5.41) is 8.72. The van der Waals surface area contributed by atoms with Crippen LogP contribution in [-0.4, -0.2) is 14.9 Å². The predicted molar refractivity (Wildman–Crippen MR) is 36.2 cm³/mol. The van der Waals surface area contributed by atoms with Crippen molar-refractivity contribution in [3.63, 3.8) is 0 Å². The first-order valence-corrected chi connectivity index (χ1v) is 2.64. The molecule has 0 atom stereocenters. The van der Waals surface area contributed by atoms with Crippen molar-refractivity contribution in [2.45, 2.75) is 5.88 Å². The molecule has 0 saturated heterocycles. The van der Waals surface area contributed by atoms with Gasteiger partial charge in [0.2, 0.25) is 0 Å². The Morgan fingerprint density at radius 2 is 2.44 bits per heavy atom. The van der Waals surface area contributed by atoms with Gasteiger partial charge in [-0.25, -0.2) is 4.98 Å². The summed E-state index contributed by atoms with van der Waals surface area (Å²) in [6.45, 7) is 0. The van der Waals surface area contributed by atoms with Crippen molar-refractivity contribution < 1.29 is 5.21 Å². The van der Waals surface area contributed by atoms with E-state index in [0.29, 0.717) is 5.69 Å². The summed E-state index contributed by atoms with van der Waals surface area (Å²) in [5.41, 5.74) is 0.603. The maximum Gasteiger partial charge on any atom is 0.132 e. The van der Waals surface area contributed by atoms with Crippen molar-refractivity contribution in [1.82, 2.24) is 9.71 Å². The number of halogens is 2. The molecule has 1 heterocycles. The van der Waals surface area contributed by atoms with Crippen molar-refractivity contribution >= 4 is 24.0 Å². The van der Waals surface area contributed by atoms with Gasteiger partial charge in [-0.05, 0) is 0 Å². The van der Waals surface area contributed by atoms with Gasteiger partial charge in [0.1, 0.15) is 6.33 Å². The third-order valence-electron chi connectivity index (χ3n) is 0.831. The fourth-order valence-electron chi connectivity index (χ4n) is 0.412. The second-order valence-electron chi connectivity index (χ2n) is 1.36. The summed E-state index contributed by atoms with van der Waals surface area (Å²) >= 11 is 5.35. The van der Waals surface area contributed by atoms with E-state index in [1.54, 1.807) is 0 Å². The Labute approximate surface area is 63.6 Å². The molecule has 1 rings (SSSR count). The molecule has 1 aromatic rings. The molecule has 0 aliphatic carbocycles. The first-order valence-electron chi connectivity index (χ1n) is 2.11. The highest BCUT2D eigenvalue weighted by atomic mass is 35.5. The van der Waals surface area contributed by atoms with Crippen LogP contribution >= 0.6 is 24.0 Å². The van der Waals surface area contributed by atoms with Gasteiger partial charge in [-0.3, -0.25) is 0 Å². The fourth-order valence-corrected chi connectivity index (χ4v) is 0.603. The van der Waals surface area contributed by atoms with Gasteiger partial charge in [0.05, 0.1) is 17.8 Å². The van der Waals surface area contributed by atoms with Gasteiger partial charge in [0.15, 0.2) is 0 Å². The predicted octanol–water partition coefficient (Wildman–Crippen LogP) is 1.28. The summed E-state index contributed by atoms with van der Waals surface area (Å²) in [6, 6.07) is 0. The van der Waals surface area contributed by atoms with Crippen LogP contribution in [0.3, 0.4) is 0 Å². The summed E-state index contributed by atoms with van der Waals surface area (Å²) < 4.78 is 0.896. The van der Waals surface area contributed by atoms with Crippen molar-refractivity contribution in [2.75, 3.05) is 0 Å². The Hall–Kier alpha value is -0.410. The lowest BCUT2D eigenvalue weighted by Crippen LogP contribution is -1.91. The molecule has 0 saturated carbocycles. The largest absolute Gasteiger partial charge is 0.427 e. The third-order valence-corrected chi connectivity index (χ3v) is 1.10. The lowest BCUT2D eigenvalue weighted by molar-refractivity contribution is 0.179. The average Bonchev–Trinajstić information content (AvgIpc) is 2.14. The number of alkyl halides is 1. The lowest BCUT2D eigenvalue weighted by atomic mass is 10.6. The smallest absolute Gasteiger partial charge is 0.132 e. The zero-order chi connectivity index (χ0) is 5.98. The van der Waals surface area contributed by atoms with E-state index in [1.165, 1.54) is 12.5 Å². The number of imidazole rings is 1. The molecule has 0 aliphatic rings. The first-order chi connectivity index (χ1) is 3.84. The second-order valence-corrected chi connectivity index (χ2v) is 1.63. The highest BCUT2D eigenvalue weighted by Gasteiger charge is 1.94. The molecule has 0 spiro atoms. The monoisotopic (exact) mass is 168 g/mol. The quantitative estimate of drug-likeness (QED) is 0.507. The molecule has 1 aromatic heterocycles. The van der Waals surface area contributed by atoms with Gasteiger partial charge < -0.3 is 5.21 Å². The number of hydrogen-bond acceptors (Lipinski definition) is 2. The van der Waals surface area contributed by atoms with Crippen LogP contribution in [0.25, 0.3) is 0 Å². The maximum atomic E-state index is 8.72. The number of aromatic nitrogens is 2. The molecule has 5 heteroatoms. The summed E-state index contributed by atoms with van der Waals surface area (Å²) in [4.78, 5) is 3.62. The van der Waals surface area contributed by atoms with Gasteiger partial charge in [0.25, 0.3) is 0 Å². The van der Waals surface area contributed by atoms with Crippen LogP contribution in [0, 0.1) is 0 Å². The molecule has 0 radical (unpaired) electrons. The molecular weight excluding hydrogens is 163 g/mol. The van der Waals surface area contributed by atoms with Crippen molar-refractivity contribution in [2.24, 2.45) is 0 Å². The first kappa shape index (κ1) is 8.59. The van der Waals surface area contributed by atoms with Crippen LogP contribution in [0.1, 0.15) is 5.69 Å². The minimum Gasteiger partial charge on any atom is -0.427 e. The standard InChI is InChI=1S/C4H5ClN2O.ClH/c5-1-4-2-6-3-7(4)8;/h2-3,8H,1H2;1H. The molecule has 1 N–H and O–H groups in total. The van der Waals surface area contributed by atoms with E-state index in [4.69, 9.17) is 16.8 Å². The highest BCUT2D eigenvalue weighted by molar-refractivity contribution is 6.16. The molecular formula is C4H6Cl2N2O. The van der Waals surface area contributed by atoms with Crippen LogP contribution in [0.2, 0.25) is 0 Å². The molecule has 0 aromatic carbocycles. The van der Waals surface area contributed by atoms with E-state index in [9.17, 15) is 0 Å². The van der Waals surface area contributed by atoms with E-state index in [0.717, 1.165) is 4.73 Å². The Morgan fingerprint density at radius 3 is 2.67 bits per heavy atom. The number of rotatable bonds is 1. The van der Waals surface area contributed by atoms with Crippen LogP contribution in [0.15, 0.2) is 12.5 Å². The Morgan fingerprint density at radius 1 is 1.78 bits per heavy atom. The van der Waals surface area contributed by atoms with Gasteiger partial charge in [-0.15, -0.1) is 24.0 Å². The van der Waals surface area contributed by atoms with Crippen LogP contribution in [-0.2, 0) is 5.88 Å². The van der Waals surface area contributed by atoms with Gasteiger partial charge in [-0.1, -0.05) is 0 Å². The minimum atomic E-state index is 0. The molecule has 0 aliphatic heterocycles. The van der Waals surface area contributed by atoms with E-state index in [1.807, 2.05) is 0 Å². The highest BCUT2D eigenvalue weighted by Crippen LogP contribution is 1.98. The molecule has 0 bridgehead atoms. The normalized spacial score (nSPS) is 8.56. The van der Waals surface area contributed by atoms with Crippen molar-refractivity contribution in [3.05, 3.63) is 18.2 Å². The lowest BCUT2D eigenvalue weighted by Gasteiger charge is -1.90. The van der Waals surface area contributed by atoms with E-state index < -0.39 is 0 Å². The molecule has 52 valence electrons. The van der Waals surface area contributed by atoms with Crippen LogP contribution in [0.4, 0.5) is 0 Å². The van der Waals surface area contributed by atoms with Gasteiger partial charge in [0, 0.05) is 0 Å². The molecule has 0 amide bonds. The maximum absolute atomic E-state index is 8.72. The zero-order valence-corrected chi connectivity index (χ0v) is 6.06. The van der Waals surface area contributed by atoms with Gasteiger partial charge in [-0.2, -0.15) is 4.73 Å².